The predicted octanol–water partition coefficient (Wildman–Crippen LogP) is 4.23. The minimum absolute atomic E-state index is 0.248. The molecule has 0 saturated carbocycles. The van der Waals surface area contributed by atoms with E-state index in [-0.39, 0.29) is 12.0 Å². The van der Waals surface area contributed by atoms with Crippen molar-refractivity contribution in [3.05, 3.63) is 52.3 Å². The third-order valence-electron chi connectivity index (χ3n) is 3.73. The fraction of sp³-hybridized carbons (Fsp3) is 0.294. The molecule has 126 valence electrons. The summed E-state index contributed by atoms with van der Waals surface area (Å²) in [6.45, 7) is 1.57. The number of hydrogen-bond donors (Lipinski definition) is 2. The summed E-state index contributed by atoms with van der Waals surface area (Å²) >= 11 is 12.0. The van der Waals surface area contributed by atoms with Crippen LogP contribution in [0, 0.1) is 0 Å². The first kappa shape index (κ1) is 17.0. The molecule has 1 aliphatic rings. The summed E-state index contributed by atoms with van der Waals surface area (Å²) in [4.78, 5) is 16.4. The maximum Gasteiger partial charge on any atom is 0.274 e. The van der Waals surface area contributed by atoms with E-state index in [1.165, 1.54) is 0 Å². The van der Waals surface area contributed by atoms with Gasteiger partial charge in [-0.2, -0.15) is 0 Å². The average molecular weight is 366 g/mol. The van der Waals surface area contributed by atoms with Crippen LogP contribution in [0.2, 0.25) is 10.0 Å². The van der Waals surface area contributed by atoms with Crippen LogP contribution in [0.25, 0.3) is 0 Å². The van der Waals surface area contributed by atoms with Crippen molar-refractivity contribution in [2.24, 2.45) is 0 Å². The van der Waals surface area contributed by atoms with Gasteiger partial charge >= 0.3 is 0 Å². The van der Waals surface area contributed by atoms with Crippen LogP contribution in [-0.4, -0.2) is 30.1 Å². The zero-order valence-corrected chi connectivity index (χ0v) is 14.4. The molecule has 1 aromatic carbocycles. The highest BCUT2D eigenvalue weighted by atomic mass is 35.5. The number of benzene rings is 1. The Bertz CT molecular complexity index is 716. The Morgan fingerprint density at radius 2 is 2.17 bits per heavy atom. The number of aromatic nitrogens is 1. The molecule has 1 atom stereocenters. The Morgan fingerprint density at radius 3 is 2.88 bits per heavy atom. The average Bonchev–Trinajstić information content (AvgIpc) is 3.10. The largest absolute Gasteiger partial charge is 0.381 e. The van der Waals surface area contributed by atoms with Gasteiger partial charge in [-0.15, -0.1) is 0 Å². The van der Waals surface area contributed by atoms with Gasteiger partial charge in [0, 0.05) is 18.2 Å². The lowest BCUT2D eigenvalue weighted by Gasteiger charge is -2.12. The molecule has 2 aromatic rings. The molecule has 0 aliphatic carbocycles. The zero-order valence-electron chi connectivity index (χ0n) is 12.9. The minimum Gasteiger partial charge on any atom is -0.381 e. The van der Waals surface area contributed by atoms with Crippen molar-refractivity contribution in [2.75, 3.05) is 23.8 Å². The fourth-order valence-electron chi connectivity index (χ4n) is 2.45. The topological polar surface area (TPSA) is 63.2 Å². The lowest BCUT2D eigenvalue weighted by atomic mass is 10.2. The molecule has 7 heteroatoms. The molecule has 5 nitrogen and oxygen atoms in total. The summed E-state index contributed by atoms with van der Waals surface area (Å²) in [6, 6.07) is 8.36. The minimum atomic E-state index is -0.343. The maximum atomic E-state index is 12.2. The maximum absolute atomic E-state index is 12.2. The molecule has 1 aliphatic heterocycles. The van der Waals surface area contributed by atoms with E-state index in [2.05, 4.69) is 15.6 Å². The number of halogens is 2. The molecule has 2 N–H and O–H groups in total. The summed E-state index contributed by atoms with van der Waals surface area (Å²) in [6.07, 6.45) is 4.05. The van der Waals surface area contributed by atoms with E-state index in [4.69, 9.17) is 27.9 Å². The molecule has 1 amide bonds. The number of anilines is 2. The third-order valence-corrected chi connectivity index (χ3v) is 4.30. The number of carbonyl (C=O) groups excluding carboxylic acids is 1. The van der Waals surface area contributed by atoms with Crippen LogP contribution >= 0.6 is 23.2 Å². The van der Waals surface area contributed by atoms with E-state index >= 15 is 0 Å². The second kappa shape index (κ2) is 7.83. The van der Waals surface area contributed by atoms with Crippen LogP contribution < -0.4 is 10.6 Å². The van der Waals surface area contributed by atoms with Crippen molar-refractivity contribution in [2.45, 2.75) is 18.9 Å². The lowest BCUT2D eigenvalue weighted by molar-refractivity contribution is 0.102. The molecule has 1 aromatic heterocycles. The SMILES string of the molecule is O=C(Nc1cc(Cl)ccc1Cl)c1ccc(NCC2CCCO2)cn1. The number of ether oxygens (including phenoxy) is 1. The molecule has 24 heavy (non-hydrogen) atoms. The molecular formula is C17H17Cl2N3O2. The van der Waals surface area contributed by atoms with Gasteiger partial charge in [0.1, 0.15) is 5.69 Å². The number of carbonyl (C=O) groups is 1. The molecule has 3 rings (SSSR count). The van der Waals surface area contributed by atoms with E-state index in [0.29, 0.717) is 21.4 Å². The van der Waals surface area contributed by atoms with E-state index in [0.717, 1.165) is 31.7 Å². The van der Waals surface area contributed by atoms with Crippen LogP contribution in [-0.2, 0) is 4.74 Å². The van der Waals surface area contributed by atoms with Crippen molar-refractivity contribution in [1.82, 2.24) is 4.98 Å². The van der Waals surface area contributed by atoms with Crippen LogP contribution in [0.5, 0.6) is 0 Å². The Hall–Kier alpha value is -1.82. The molecule has 0 radical (unpaired) electrons. The Kier molecular flexibility index (Phi) is 5.56. The quantitative estimate of drug-likeness (QED) is 0.831. The lowest BCUT2D eigenvalue weighted by Crippen LogP contribution is -2.19. The fourth-order valence-corrected chi connectivity index (χ4v) is 2.79. The number of amides is 1. The van der Waals surface area contributed by atoms with Crippen LogP contribution in [0.4, 0.5) is 11.4 Å². The van der Waals surface area contributed by atoms with Gasteiger partial charge in [0.2, 0.25) is 0 Å². The van der Waals surface area contributed by atoms with E-state index in [1.807, 2.05) is 6.07 Å². The number of hydrogen-bond acceptors (Lipinski definition) is 4. The Labute approximate surface area is 150 Å². The first-order valence-corrected chi connectivity index (χ1v) is 8.45. The van der Waals surface area contributed by atoms with E-state index in [1.54, 1.807) is 30.5 Å². The van der Waals surface area contributed by atoms with Gasteiger partial charge < -0.3 is 15.4 Å². The van der Waals surface area contributed by atoms with Crippen molar-refractivity contribution in [3.8, 4) is 0 Å². The van der Waals surface area contributed by atoms with Crippen molar-refractivity contribution < 1.29 is 9.53 Å². The van der Waals surface area contributed by atoms with Crippen molar-refractivity contribution >= 4 is 40.5 Å². The third kappa shape index (κ3) is 4.38. The van der Waals surface area contributed by atoms with Gasteiger partial charge in [0.15, 0.2) is 0 Å². The summed E-state index contributed by atoms with van der Waals surface area (Å²) in [5.74, 6) is -0.343. The summed E-state index contributed by atoms with van der Waals surface area (Å²) < 4.78 is 5.55. The van der Waals surface area contributed by atoms with Gasteiger partial charge in [0.25, 0.3) is 5.91 Å². The highest BCUT2D eigenvalue weighted by Crippen LogP contribution is 2.25. The van der Waals surface area contributed by atoms with E-state index < -0.39 is 0 Å². The summed E-state index contributed by atoms with van der Waals surface area (Å²) in [5, 5.41) is 6.88. The van der Waals surface area contributed by atoms with E-state index in [9.17, 15) is 4.79 Å². The molecule has 1 saturated heterocycles. The molecule has 1 fully saturated rings. The molecule has 0 bridgehead atoms. The number of nitrogens with one attached hydrogen (secondary N) is 2. The Morgan fingerprint density at radius 1 is 1.29 bits per heavy atom. The van der Waals surface area contributed by atoms with Gasteiger partial charge in [-0.1, -0.05) is 23.2 Å². The van der Waals surface area contributed by atoms with Crippen LogP contribution in [0.15, 0.2) is 36.5 Å². The predicted molar refractivity (Wildman–Crippen MR) is 96.1 cm³/mol. The smallest absolute Gasteiger partial charge is 0.274 e. The Balaban J connectivity index is 1.59. The second-order valence-corrected chi connectivity index (χ2v) is 6.37. The molecule has 2 heterocycles. The highest BCUT2D eigenvalue weighted by Gasteiger charge is 2.15. The molecule has 1 unspecified atom stereocenters. The second-order valence-electron chi connectivity index (χ2n) is 5.53. The first-order chi connectivity index (χ1) is 11.6. The van der Waals surface area contributed by atoms with Gasteiger partial charge in [-0.05, 0) is 43.2 Å². The van der Waals surface area contributed by atoms with Crippen molar-refractivity contribution in [1.29, 1.82) is 0 Å². The van der Waals surface area contributed by atoms with Gasteiger partial charge in [-0.25, -0.2) is 4.98 Å². The zero-order chi connectivity index (χ0) is 16.9. The summed E-state index contributed by atoms with van der Waals surface area (Å²) in [5.41, 5.74) is 1.60. The van der Waals surface area contributed by atoms with Gasteiger partial charge in [0.05, 0.1) is 28.7 Å². The number of rotatable bonds is 5. The number of pyridine rings is 1. The first-order valence-electron chi connectivity index (χ1n) is 7.70. The standard InChI is InChI=1S/C17H17Cl2N3O2/c18-11-3-5-14(19)16(8-11)22-17(23)15-6-4-12(9-21-15)20-10-13-2-1-7-24-13/h3-6,8-9,13,20H,1-2,7,10H2,(H,22,23). The number of nitrogens with zero attached hydrogens (tertiary/aromatic N) is 1. The molecule has 0 spiro atoms. The monoisotopic (exact) mass is 365 g/mol. The molecular weight excluding hydrogens is 349 g/mol. The van der Waals surface area contributed by atoms with Gasteiger partial charge in [-0.3, -0.25) is 4.79 Å². The summed E-state index contributed by atoms with van der Waals surface area (Å²) in [7, 11) is 0. The van der Waals surface area contributed by atoms with Crippen LogP contribution in [0.3, 0.4) is 0 Å². The normalized spacial score (nSPS) is 16.8. The highest BCUT2D eigenvalue weighted by molar-refractivity contribution is 6.35. The van der Waals surface area contributed by atoms with Crippen molar-refractivity contribution in [3.63, 3.8) is 0 Å². The van der Waals surface area contributed by atoms with Crippen LogP contribution in [0.1, 0.15) is 23.3 Å².